The Morgan fingerprint density at radius 3 is 2.22 bits per heavy atom. The number of nitrogens with two attached hydrogens (primary N) is 1. The van der Waals surface area contributed by atoms with E-state index < -0.39 is 0 Å². The van der Waals surface area contributed by atoms with Crippen LogP contribution in [0.4, 0.5) is 5.69 Å². The molecule has 0 saturated heterocycles. The van der Waals surface area contributed by atoms with Crippen LogP contribution >= 0.6 is 0 Å². The van der Waals surface area contributed by atoms with Crippen LogP contribution in [-0.4, -0.2) is 34.8 Å². The van der Waals surface area contributed by atoms with Crippen LogP contribution in [-0.2, 0) is 4.79 Å². The number of rotatable bonds is 11. The van der Waals surface area contributed by atoms with Gasteiger partial charge in [0.1, 0.15) is 0 Å². The van der Waals surface area contributed by atoms with Gasteiger partial charge in [0, 0.05) is 29.6 Å². The first-order chi connectivity index (χ1) is 19.8. The number of amides is 2. The molecule has 0 saturated carbocycles. The zero-order chi connectivity index (χ0) is 30.9. The average molecular weight is 562 g/mol. The molecule has 8 nitrogen and oxygen atoms in total. The number of benzene rings is 2. The molecule has 0 radical (unpaired) electrons. The third-order valence-corrected chi connectivity index (χ3v) is 5.61. The largest absolute Gasteiger partial charge is 0.398 e. The predicted octanol–water partition coefficient (Wildman–Crippen LogP) is 6.90. The smallest absolute Gasteiger partial charge is 0.251 e. The second-order valence-corrected chi connectivity index (χ2v) is 8.82. The van der Waals surface area contributed by atoms with Gasteiger partial charge in [-0.05, 0) is 67.8 Å². The molecular weight excluding hydrogens is 514 g/mol. The molecule has 8 heteroatoms. The van der Waals surface area contributed by atoms with E-state index in [1.54, 1.807) is 12.3 Å². The van der Waals surface area contributed by atoms with E-state index in [0.29, 0.717) is 11.4 Å². The maximum atomic E-state index is 11.8. The summed E-state index contributed by atoms with van der Waals surface area (Å²) in [6.45, 7) is 10.9. The van der Waals surface area contributed by atoms with E-state index in [4.69, 9.17) is 21.1 Å². The van der Waals surface area contributed by atoms with Gasteiger partial charge in [-0.3, -0.25) is 19.8 Å². The van der Waals surface area contributed by atoms with Gasteiger partial charge in [0.25, 0.3) is 5.91 Å². The van der Waals surface area contributed by atoms with Crippen molar-refractivity contribution in [3.63, 3.8) is 0 Å². The minimum absolute atomic E-state index is 0.0543. The zero-order valence-corrected chi connectivity index (χ0v) is 25.1. The van der Waals surface area contributed by atoms with Crippen LogP contribution in [0.2, 0.25) is 0 Å². The maximum absolute atomic E-state index is 11.8. The highest BCUT2D eigenvalue weighted by Crippen LogP contribution is 2.15. The number of allylic oxidation sites excluding steroid dienone is 1. The maximum Gasteiger partial charge on any atom is 0.251 e. The number of hydrogen-bond donors (Lipinski definition) is 5. The van der Waals surface area contributed by atoms with Crippen molar-refractivity contribution in [2.24, 2.45) is 0 Å². The SMILES string of the molecule is CC.CCCCCCCNC(=O)c1ccccc1C.Cc1ccc(C(=N)/C=C/c2ccccn2)c(N)c1.O=CNO. The quantitative estimate of drug-likeness (QED) is 0.0432. The van der Waals surface area contributed by atoms with Crippen LogP contribution in [0.15, 0.2) is 72.9 Å². The molecule has 3 rings (SSSR count). The summed E-state index contributed by atoms with van der Waals surface area (Å²) in [7, 11) is 0. The lowest BCUT2D eigenvalue weighted by Gasteiger charge is -2.07. The molecule has 1 heterocycles. The Labute approximate surface area is 245 Å². The first-order valence-corrected chi connectivity index (χ1v) is 14.0. The van der Waals surface area contributed by atoms with Crippen molar-refractivity contribution >= 4 is 29.8 Å². The molecule has 0 aliphatic carbocycles. The molecule has 2 amide bonds. The lowest BCUT2D eigenvalue weighted by molar-refractivity contribution is -0.116. The summed E-state index contributed by atoms with van der Waals surface area (Å²) in [6.07, 6.45) is 11.5. The van der Waals surface area contributed by atoms with E-state index in [1.165, 1.54) is 31.2 Å². The molecule has 41 heavy (non-hydrogen) atoms. The Balaban J connectivity index is 0.000000656. The topological polar surface area (TPSA) is 141 Å². The molecule has 3 aromatic rings. The summed E-state index contributed by atoms with van der Waals surface area (Å²) in [4.78, 5) is 24.8. The van der Waals surface area contributed by atoms with Crippen molar-refractivity contribution in [3.8, 4) is 0 Å². The van der Waals surface area contributed by atoms with Gasteiger partial charge in [-0.1, -0.05) is 82.9 Å². The monoisotopic (exact) mass is 561 g/mol. The van der Waals surface area contributed by atoms with Crippen molar-refractivity contribution in [1.82, 2.24) is 15.8 Å². The summed E-state index contributed by atoms with van der Waals surface area (Å²) in [5, 5.41) is 18.2. The van der Waals surface area contributed by atoms with Crippen molar-refractivity contribution in [2.45, 2.75) is 66.7 Å². The van der Waals surface area contributed by atoms with Gasteiger partial charge >= 0.3 is 0 Å². The van der Waals surface area contributed by atoms with Gasteiger partial charge in [0.2, 0.25) is 6.41 Å². The van der Waals surface area contributed by atoms with E-state index >= 15 is 0 Å². The van der Waals surface area contributed by atoms with Crippen molar-refractivity contribution in [2.75, 3.05) is 12.3 Å². The number of carbonyl (C=O) groups is 2. The van der Waals surface area contributed by atoms with Crippen LogP contribution in [0.25, 0.3) is 6.08 Å². The summed E-state index contributed by atoms with van der Waals surface area (Å²) in [6, 6.07) is 19.1. The second-order valence-electron chi connectivity index (χ2n) is 8.82. The van der Waals surface area contributed by atoms with Gasteiger partial charge in [-0.15, -0.1) is 0 Å². The Hall–Kier alpha value is -4.30. The third kappa shape index (κ3) is 16.4. The second kappa shape index (κ2) is 23.6. The fourth-order valence-electron chi connectivity index (χ4n) is 3.51. The molecule has 0 bridgehead atoms. The first kappa shape index (κ1) is 36.7. The number of aryl methyl sites for hydroxylation is 2. The normalized spacial score (nSPS) is 9.61. The summed E-state index contributed by atoms with van der Waals surface area (Å²) >= 11 is 0. The molecule has 0 atom stereocenters. The average Bonchev–Trinajstić information content (AvgIpc) is 3.00. The van der Waals surface area contributed by atoms with Crippen LogP contribution in [0.1, 0.15) is 85.6 Å². The van der Waals surface area contributed by atoms with E-state index in [2.05, 4.69) is 17.2 Å². The van der Waals surface area contributed by atoms with Crippen LogP contribution in [0.3, 0.4) is 0 Å². The number of anilines is 1. The predicted molar refractivity (Wildman–Crippen MR) is 170 cm³/mol. The number of pyridine rings is 1. The fraction of sp³-hybridized carbons (Fsp3) is 0.333. The fourth-order valence-corrected chi connectivity index (χ4v) is 3.51. The molecule has 2 aromatic carbocycles. The van der Waals surface area contributed by atoms with E-state index in [-0.39, 0.29) is 12.3 Å². The lowest BCUT2D eigenvalue weighted by atomic mass is 10.0. The molecule has 0 fully saturated rings. The highest BCUT2D eigenvalue weighted by molar-refractivity contribution is 6.11. The highest BCUT2D eigenvalue weighted by atomic mass is 16.5. The van der Waals surface area contributed by atoms with Crippen molar-refractivity contribution < 1.29 is 14.8 Å². The summed E-state index contributed by atoms with van der Waals surface area (Å²) in [5.41, 5.74) is 12.7. The van der Waals surface area contributed by atoms with Crippen molar-refractivity contribution in [3.05, 3.63) is 101 Å². The Bertz CT molecular complexity index is 1180. The number of hydroxylamine groups is 1. The van der Waals surface area contributed by atoms with Crippen molar-refractivity contribution in [1.29, 1.82) is 5.41 Å². The van der Waals surface area contributed by atoms with Gasteiger partial charge in [-0.25, -0.2) is 5.48 Å². The number of carbonyl (C=O) groups excluding carboxylic acids is 2. The van der Waals surface area contributed by atoms with Gasteiger partial charge in [-0.2, -0.15) is 0 Å². The molecule has 6 N–H and O–H groups in total. The Morgan fingerprint density at radius 1 is 0.976 bits per heavy atom. The first-order valence-electron chi connectivity index (χ1n) is 14.0. The van der Waals surface area contributed by atoms with E-state index in [9.17, 15) is 4.79 Å². The molecule has 222 valence electrons. The molecule has 0 aliphatic heterocycles. The Morgan fingerprint density at radius 2 is 1.63 bits per heavy atom. The molecule has 1 aromatic heterocycles. The van der Waals surface area contributed by atoms with E-state index in [1.807, 2.05) is 94.4 Å². The Kier molecular flexibility index (Phi) is 21.1. The molecule has 0 aliphatic rings. The van der Waals surface area contributed by atoms with Crippen LogP contribution in [0.5, 0.6) is 0 Å². The molecule has 0 unspecified atom stereocenters. The lowest BCUT2D eigenvalue weighted by Crippen LogP contribution is -2.25. The van der Waals surface area contributed by atoms with E-state index in [0.717, 1.165) is 40.9 Å². The number of nitrogen functional groups attached to an aromatic ring is 1. The summed E-state index contributed by atoms with van der Waals surface area (Å²) in [5.74, 6) is 0.0543. The number of nitrogens with zero attached hydrogens (tertiary/aromatic N) is 1. The number of nitrogens with one attached hydrogen (secondary N) is 3. The number of aromatic nitrogens is 1. The summed E-state index contributed by atoms with van der Waals surface area (Å²) < 4.78 is 0. The van der Waals surface area contributed by atoms with Gasteiger partial charge in [0.05, 0.1) is 11.4 Å². The standard InChI is InChI=1S/C15H15N3.C15H23NO.C2H6.CH3NO2/c1-11-5-7-13(15(17)10-11)14(16)8-6-12-4-2-3-9-18-12;1-3-4-5-6-9-12-16-15(17)14-11-8-7-10-13(14)2;1-2;3-1-2-4/h2-10,16H,17H2,1H3;7-8,10-11H,3-6,9,12H2,1-2H3,(H,16,17);1-2H3;1,4H,(H,2,3)/b8-6+,16-14?;;;. The zero-order valence-electron chi connectivity index (χ0n) is 25.1. The third-order valence-electron chi connectivity index (χ3n) is 5.61. The number of hydrogen-bond acceptors (Lipinski definition) is 6. The molecular formula is C33H47N5O3. The van der Waals surface area contributed by atoms with Crippen LogP contribution < -0.4 is 16.5 Å². The van der Waals surface area contributed by atoms with Gasteiger partial charge < -0.3 is 16.5 Å². The van der Waals surface area contributed by atoms with Crippen LogP contribution in [0, 0.1) is 19.3 Å². The highest BCUT2D eigenvalue weighted by Gasteiger charge is 2.06. The molecule has 0 spiro atoms. The minimum Gasteiger partial charge on any atom is -0.398 e. The van der Waals surface area contributed by atoms with Gasteiger partial charge in [0.15, 0.2) is 0 Å². The number of unbranched alkanes of at least 4 members (excludes halogenated alkanes) is 4. The minimum atomic E-state index is 0.0543.